The van der Waals surface area contributed by atoms with Gasteiger partial charge in [0.15, 0.2) is 5.13 Å². The Bertz CT molecular complexity index is 1080. The summed E-state index contributed by atoms with van der Waals surface area (Å²) in [6.07, 6.45) is 0. The molecule has 0 aliphatic rings. The largest absolute Gasteiger partial charge is 0.497 e. The second kappa shape index (κ2) is 11.0. The Morgan fingerprint density at radius 1 is 1.09 bits per heavy atom. The second-order valence-electron chi connectivity index (χ2n) is 6.96. The van der Waals surface area contributed by atoms with Crippen LogP contribution in [0.4, 0.5) is 10.8 Å². The molecule has 2 amide bonds. The first-order valence-corrected chi connectivity index (χ1v) is 11.8. The molecular formula is C23H25N3O4S2. The van der Waals surface area contributed by atoms with Crippen LogP contribution in [0.25, 0.3) is 11.3 Å². The van der Waals surface area contributed by atoms with Crippen molar-refractivity contribution in [3.05, 3.63) is 53.4 Å². The molecule has 0 saturated heterocycles. The maximum Gasteiger partial charge on any atom is 0.239 e. The highest BCUT2D eigenvalue weighted by atomic mass is 32.2. The number of aromatic nitrogens is 1. The summed E-state index contributed by atoms with van der Waals surface area (Å²) in [5.41, 5.74) is 3.36. The molecule has 0 fully saturated rings. The van der Waals surface area contributed by atoms with Gasteiger partial charge in [-0.2, -0.15) is 0 Å². The maximum atomic E-state index is 12.5. The van der Waals surface area contributed by atoms with Gasteiger partial charge < -0.3 is 20.1 Å². The number of methoxy groups -OCH3 is 2. The molecule has 2 aromatic carbocycles. The second-order valence-corrected chi connectivity index (χ2v) is 9.15. The van der Waals surface area contributed by atoms with E-state index in [1.807, 2.05) is 48.7 Å². The van der Waals surface area contributed by atoms with Crippen LogP contribution in [0, 0.1) is 6.92 Å². The molecule has 0 aliphatic heterocycles. The number of nitrogens with one attached hydrogen (secondary N) is 2. The molecule has 1 aromatic heterocycles. The van der Waals surface area contributed by atoms with E-state index in [1.165, 1.54) is 23.1 Å². The molecule has 1 atom stereocenters. The number of rotatable bonds is 9. The highest BCUT2D eigenvalue weighted by Gasteiger charge is 2.18. The van der Waals surface area contributed by atoms with Crippen LogP contribution in [0.1, 0.15) is 12.5 Å². The molecule has 0 radical (unpaired) electrons. The van der Waals surface area contributed by atoms with E-state index in [1.54, 1.807) is 27.2 Å². The first-order chi connectivity index (χ1) is 15.4. The molecule has 1 heterocycles. The average Bonchev–Trinajstić information content (AvgIpc) is 3.26. The Hall–Kier alpha value is -3.04. The lowest BCUT2D eigenvalue weighted by atomic mass is 10.1. The van der Waals surface area contributed by atoms with Crippen molar-refractivity contribution < 1.29 is 19.1 Å². The minimum absolute atomic E-state index is 0.151. The molecule has 9 heteroatoms. The van der Waals surface area contributed by atoms with Crippen molar-refractivity contribution in [2.24, 2.45) is 0 Å². The first-order valence-electron chi connectivity index (χ1n) is 9.86. The van der Waals surface area contributed by atoms with Crippen molar-refractivity contribution in [3.63, 3.8) is 0 Å². The molecule has 7 nitrogen and oxygen atoms in total. The van der Waals surface area contributed by atoms with Crippen LogP contribution in [0.15, 0.2) is 47.8 Å². The fourth-order valence-corrected chi connectivity index (χ4v) is 4.18. The number of carbonyl (C=O) groups is 2. The summed E-state index contributed by atoms with van der Waals surface area (Å²) in [6.45, 7) is 3.75. The minimum Gasteiger partial charge on any atom is -0.497 e. The third-order valence-electron chi connectivity index (χ3n) is 4.59. The van der Waals surface area contributed by atoms with Crippen LogP contribution in [0.2, 0.25) is 0 Å². The summed E-state index contributed by atoms with van der Waals surface area (Å²) >= 11 is 2.59. The zero-order valence-electron chi connectivity index (χ0n) is 18.3. The van der Waals surface area contributed by atoms with E-state index in [-0.39, 0.29) is 17.6 Å². The SMILES string of the molecule is COc1ccc(-c2csc(NC(=O)C(C)SCC(=O)Nc3ccc(C)cc3)n2)c(OC)c1. The summed E-state index contributed by atoms with van der Waals surface area (Å²) in [4.78, 5) is 29.2. The normalized spacial score (nSPS) is 11.5. The lowest BCUT2D eigenvalue weighted by Gasteiger charge is -2.11. The van der Waals surface area contributed by atoms with Crippen LogP contribution in [0.3, 0.4) is 0 Å². The van der Waals surface area contributed by atoms with E-state index >= 15 is 0 Å². The molecule has 1 unspecified atom stereocenters. The van der Waals surface area contributed by atoms with Gasteiger partial charge >= 0.3 is 0 Å². The van der Waals surface area contributed by atoms with Crippen LogP contribution in [0.5, 0.6) is 11.5 Å². The zero-order chi connectivity index (χ0) is 23.1. The third-order valence-corrected chi connectivity index (χ3v) is 6.49. The fourth-order valence-electron chi connectivity index (χ4n) is 2.78. The van der Waals surface area contributed by atoms with Crippen molar-refractivity contribution in [1.82, 2.24) is 4.98 Å². The Morgan fingerprint density at radius 2 is 1.84 bits per heavy atom. The van der Waals surface area contributed by atoms with Gasteiger partial charge in [-0.3, -0.25) is 9.59 Å². The summed E-state index contributed by atoms with van der Waals surface area (Å²) < 4.78 is 10.7. The van der Waals surface area contributed by atoms with Crippen LogP contribution in [-0.4, -0.2) is 42.0 Å². The lowest BCUT2D eigenvalue weighted by Crippen LogP contribution is -2.25. The number of amides is 2. The fraction of sp³-hybridized carbons (Fsp3) is 0.261. The molecule has 0 bridgehead atoms. The first kappa shape index (κ1) is 23.6. The van der Waals surface area contributed by atoms with Crippen LogP contribution in [-0.2, 0) is 9.59 Å². The molecule has 0 spiro atoms. The van der Waals surface area contributed by atoms with Gasteiger partial charge in [-0.15, -0.1) is 23.1 Å². The number of benzene rings is 2. The summed E-state index contributed by atoms with van der Waals surface area (Å²) in [7, 11) is 3.18. The third kappa shape index (κ3) is 6.24. The van der Waals surface area contributed by atoms with Crippen LogP contribution >= 0.6 is 23.1 Å². The van der Waals surface area contributed by atoms with Crippen molar-refractivity contribution in [2.45, 2.75) is 19.1 Å². The summed E-state index contributed by atoms with van der Waals surface area (Å²) in [6, 6.07) is 13.1. The molecule has 3 rings (SSSR count). The van der Waals surface area contributed by atoms with Gasteiger partial charge in [-0.1, -0.05) is 17.7 Å². The predicted octanol–water partition coefficient (Wildman–Crippen LogP) is 4.83. The van der Waals surface area contributed by atoms with E-state index in [9.17, 15) is 9.59 Å². The molecule has 2 N–H and O–H groups in total. The minimum atomic E-state index is -0.415. The van der Waals surface area contributed by atoms with Gasteiger partial charge in [0.05, 0.1) is 30.9 Å². The van der Waals surface area contributed by atoms with Gasteiger partial charge in [-0.25, -0.2) is 4.98 Å². The number of carbonyl (C=O) groups excluding carboxylic acids is 2. The van der Waals surface area contributed by atoms with E-state index < -0.39 is 5.25 Å². The number of anilines is 2. The quantitative estimate of drug-likeness (QED) is 0.464. The number of ether oxygens (including phenoxy) is 2. The zero-order valence-corrected chi connectivity index (χ0v) is 19.9. The van der Waals surface area contributed by atoms with E-state index in [2.05, 4.69) is 15.6 Å². The number of nitrogens with zero attached hydrogens (tertiary/aromatic N) is 1. The van der Waals surface area contributed by atoms with Crippen LogP contribution < -0.4 is 20.1 Å². The summed E-state index contributed by atoms with van der Waals surface area (Å²) in [5, 5.41) is 7.58. The maximum absolute atomic E-state index is 12.5. The van der Waals surface area contributed by atoms with Crippen molar-refractivity contribution in [1.29, 1.82) is 0 Å². The number of thioether (sulfide) groups is 1. The van der Waals surface area contributed by atoms with E-state index in [4.69, 9.17) is 9.47 Å². The van der Waals surface area contributed by atoms with Gasteiger partial charge in [0.25, 0.3) is 0 Å². The number of aryl methyl sites for hydroxylation is 1. The van der Waals surface area contributed by atoms with Gasteiger partial charge in [0.1, 0.15) is 11.5 Å². The molecular weight excluding hydrogens is 446 g/mol. The van der Waals surface area contributed by atoms with Gasteiger partial charge in [0.2, 0.25) is 11.8 Å². The highest BCUT2D eigenvalue weighted by Crippen LogP contribution is 2.35. The Kier molecular flexibility index (Phi) is 8.13. The smallest absolute Gasteiger partial charge is 0.239 e. The van der Waals surface area contributed by atoms with Gasteiger partial charge in [-0.05, 0) is 38.1 Å². The molecule has 32 heavy (non-hydrogen) atoms. The predicted molar refractivity (Wildman–Crippen MR) is 131 cm³/mol. The lowest BCUT2D eigenvalue weighted by molar-refractivity contribution is -0.115. The molecule has 0 saturated carbocycles. The molecule has 3 aromatic rings. The molecule has 168 valence electrons. The Labute approximate surface area is 195 Å². The average molecular weight is 472 g/mol. The summed E-state index contributed by atoms with van der Waals surface area (Å²) in [5.74, 6) is 1.14. The van der Waals surface area contributed by atoms with E-state index in [0.29, 0.717) is 22.3 Å². The van der Waals surface area contributed by atoms with Gasteiger partial charge in [0, 0.05) is 22.7 Å². The topological polar surface area (TPSA) is 89.5 Å². The van der Waals surface area contributed by atoms with Crippen molar-refractivity contribution >= 4 is 45.7 Å². The number of hydrogen-bond donors (Lipinski definition) is 2. The molecule has 0 aliphatic carbocycles. The van der Waals surface area contributed by atoms with E-state index in [0.717, 1.165) is 16.8 Å². The number of hydrogen-bond acceptors (Lipinski definition) is 7. The number of thiazole rings is 1. The van der Waals surface area contributed by atoms with Crippen molar-refractivity contribution in [2.75, 3.05) is 30.6 Å². The monoisotopic (exact) mass is 471 g/mol. The standard InChI is InChI=1S/C23H25N3O4S2/c1-14-5-7-16(8-6-14)24-21(27)13-31-15(2)22(28)26-23-25-19(12-32-23)18-10-9-17(29-3)11-20(18)30-4/h5-12,15H,13H2,1-4H3,(H,24,27)(H,25,26,28). The Morgan fingerprint density at radius 3 is 2.53 bits per heavy atom. The highest BCUT2D eigenvalue weighted by molar-refractivity contribution is 8.01. The Balaban J connectivity index is 1.54. The van der Waals surface area contributed by atoms with Crippen molar-refractivity contribution in [3.8, 4) is 22.8 Å².